The van der Waals surface area contributed by atoms with E-state index in [1.807, 2.05) is 0 Å². The van der Waals surface area contributed by atoms with Gasteiger partial charge in [0.1, 0.15) is 18.1 Å². The average molecular weight is 397 g/mol. The summed E-state index contributed by atoms with van der Waals surface area (Å²) in [7, 11) is -2.41. The number of hydrogen-bond donors (Lipinski definition) is 1. The van der Waals surface area contributed by atoms with Crippen molar-refractivity contribution in [3.63, 3.8) is 0 Å². The summed E-state index contributed by atoms with van der Waals surface area (Å²) in [6.45, 7) is 2.25. The Kier molecular flexibility index (Phi) is 4.97. The van der Waals surface area contributed by atoms with Gasteiger partial charge in [-0.2, -0.15) is 0 Å². The van der Waals surface area contributed by atoms with Gasteiger partial charge in [-0.05, 0) is 36.4 Å². The van der Waals surface area contributed by atoms with E-state index in [9.17, 15) is 13.2 Å². The Labute approximate surface area is 156 Å². The number of nitrogens with one attached hydrogen (secondary N) is 1. The molecule has 26 heavy (non-hydrogen) atoms. The fraction of sp³-hybridized carbons (Fsp3) is 0.235. The van der Waals surface area contributed by atoms with Crippen molar-refractivity contribution < 1.29 is 22.7 Å². The van der Waals surface area contributed by atoms with Gasteiger partial charge >= 0.3 is 0 Å². The molecule has 2 aromatic carbocycles. The molecule has 7 nitrogen and oxygen atoms in total. The monoisotopic (exact) mass is 396 g/mol. The number of ether oxygens (including phenoxy) is 2. The Balaban J connectivity index is 1.92. The fourth-order valence-corrected chi connectivity index (χ4v) is 4.03. The van der Waals surface area contributed by atoms with Gasteiger partial charge in [-0.1, -0.05) is 11.6 Å². The molecule has 0 fully saturated rings. The molecule has 2 aromatic rings. The minimum atomic E-state index is -3.86. The van der Waals surface area contributed by atoms with Crippen molar-refractivity contribution in [3.05, 3.63) is 41.4 Å². The maximum absolute atomic E-state index is 12.6. The molecule has 0 aliphatic carbocycles. The van der Waals surface area contributed by atoms with Crippen LogP contribution < -0.4 is 19.1 Å². The van der Waals surface area contributed by atoms with Crippen LogP contribution in [-0.4, -0.2) is 34.6 Å². The third-order valence-electron chi connectivity index (χ3n) is 3.89. The highest BCUT2D eigenvalue weighted by Gasteiger charge is 2.23. The van der Waals surface area contributed by atoms with Gasteiger partial charge < -0.3 is 14.4 Å². The number of hydrogen-bond acceptors (Lipinski definition) is 5. The second kappa shape index (κ2) is 7.05. The summed E-state index contributed by atoms with van der Waals surface area (Å²) >= 11 is 6.01. The fourth-order valence-electron chi connectivity index (χ4n) is 2.64. The number of rotatable bonds is 4. The molecule has 1 heterocycles. The molecule has 1 aliphatic rings. The predicted molar refractivity (Wildman–Crippen MR) is 98.8 cm³/mol. The molecule has 1 N–H and O–H groups in total. The van der Waals surface area contributed by atoms with E-state index in [1.165, 1.54) is 32.2 Å². The minimum Gasteiger partial charge on any atom is -0.495 e. The molecule has 0 radical (unpaired) electrons. The molecule has 0 atom stereocenters. The van der Waals surface area contributed by atoms with Gasteiger partial charge in [0.25, 0.3) is 10.0 Å². The molecular weight excluding hydrogens is 380 g/mol. The van der Waals surface area contributed by atoms with E-state index in [-0.39, 0.29) is 15.8 Å². The molecular formula is C17H17ClN2O5S. The molecule has 138 valence electrons. The smallest absolute Gasteiger partial charge is 0.261 e. The average Bonchev–Trinajstić information content (AvgIpc) is 2.60. The third-order valence-corrected chi connectivity index (χ3v) is 5.56. The molecule has 0 aromatic heterocycles. The summed E-state index contributed by atoms with van der Waals surface area (Å²) in [6, 6.07) is 8.96. The highest BCUT2D eigenvalue weighted by atomic mass is 35.5. The van der Waals surface area contributed by atoms with Crippen molar-refractivity contribution >= 4 is 38.9 Å². The number of sulfonamides is 1. The maximum atomic E-state index is 12.6. The Morgan fingerprint density at radius 2 is 2.04 bits per heavy atom. The molecule has 0 saturated heterocycles. The largest absolute Gasteiger partial charge is 0.495 e. The van der Waals surface area contributed by atoms with Gasteiger partial charge in [-0.15, -0.1) is 0 Å². The first kappa shape index (κ1) is 18.3. The summed E-state index contributed by atoms with van der Waals surface area (Å²) in [5, 5.41) is 0.192. The first-order valence-corrected chi connectivity index (χ1v) is 9.59. The molecule has 0 bridgehead atoms. The van der Waals surface area contributed by atoms with Crippen LogP contribution in [0.4, 0.5) is 11.4 Å². The Morgan fingerprint density at radius 3 is 2.69 bits per heavy atom. The number of fused-ring (bicyclic) bond motifs is 1. The number of benzene rings is 2. The van der Waals surface area contributed by atoms with Gasteiger partial charge in [0, 0.05) is 6.92 Å². The summed E-state index contributed by atoms with van der Waals surface area (Å²) in [4.78, 5) is 13.3. The van der Waals surface area contributed by atoms with E-state index in [1.54, 1.807) is 23.1 Å². The van der Waals surface area contributed by atoms with Crippen LogP contribution in [0.3, 0.4) is 0 Å². The molecule has 1 amide bonds. The highest BCUT2D eigenvalue weighted by Crippen LogP contribution is 2.35. The number of carbonyl (C=O) groups is 1. The zero-order valence-corrected chi connectivity index (χ0v) is 15.7. The van der Waals surface area contributed by atoms with Crippen LogP contribution in [0.15, 0.2) is 41.3 Å². The Bertz CT molecular complexity index is 962. The molecule has 9 heteroatoms. The lowest BCUT2D eigenvalue weighted by molar-refractivity contribution is -0.116. The summed E-state index contributed by atoms with van der Waals surface area (Å²) < 4.78 is 38.3. The number of carbonyl (C=O) groups excluding carboxylic acids is 1. The van der Waals surface area contributed by atoms with Crippen molar-refractivity contribution in [1.29, 1.82) is 0 Å². The van der Waals surface area contributed by atoms with Crippen LogP contribution in [0.1, 0.15) is 6.92 Å². The van der Waals surface area contributed by atoms with Gasteiger partial charge in [0.05, 0.1) is 34.9 Å². The molecule has 3 rings (SSSR count). The van der Waals surface area contributed by atoms with Crippen molar-refractivity contribution in [1.82, 2.24) is 0 Å². The van der Waals surface area contributed by atoms with Crippen LogP contribution in [0.25, 0.3) is 0 Å². The highest BCUT2D eigenvalue weighted by molar-refractivity contribution is 7.92. The normalized spacial score (nSPS) is 13.6. The van der Waals surface area contributed by atoms with Crippen LogP contribution in [0, 0.1) is 0 Å². The van der Waals surface area contributed by atoms with Gasteiger partial charge in [-0.3, -0.25) is 9.52 Å². The standard InChI is InChI=1S/C17H17ClN2O5S/c1-11(21)20-7-8-25-17-5-3-12(9-15(17)20)19-26(22,23)13-4-6-16(24-2)14(18)10-13/h3-6,9-10,19H,7-8H2,1-2H3. The lowest BCUT2D eigenvalue weighted by Crippen LogP contribution is -2.36. The van der Waals surface area contributed by atoms with E-state index in [2.05, 4.69) is 4.72 Å². The zero-order valence-electron chi connectivity index (χ0n) is 14.2. The Morgan fingerprint density at radius 1 is 1.27 bits per heavy atom. The molecule has 1 aliphatic heterocycles. The van der Waals surface area contributed by atoms with Crippen molar-refractivity contribution in [3.8, 4) is 11.5 Å². The van der Waals surface area contributed by atoms with Gasteiger partial charge in [0.15, 0.2) is 0 Å². The topological polar surface area (TPSA) is 84.9 Å². The molecule has 0 saturated carbocycles. The third kappa shape index (κ3) is 3.56. The summed E-state index contributed by atoms with van der Waals surface area (Å²) in [6.07, 6.45) is 0. The summed E-state index contributed by atoms with van der Waals surface area (Å²) in [5.41, 5.74) is 0.837. The molecule has 0 unspecified atom stereocenters. The first-order chi connectivity index (χ1) is 12.3. The number of nitrogens with zero attached hydrogens (tertiary/aromatic N) is 1. The van der Waals surface area contributed by atoms with Crippen molar-refractivity contribution in [2.75, 3.05) is 29.9 Å². The second-order valence-corrected chi connectivity index (χ2v) is 7.69. The Hall–Kier alpha value is -2.45. The van der Waals surface area contributed by atoms with Crippen molar-refractivity contribution in [2.24, 2.45) is 0 Å². The quantitative estimate of drug-likeness (QED) is 0.858. The SMILES string of the molecule is COc1ccc(S(=O)(=O)Nc2ccc3c(c2)N(C(C)=O)CCO3)cc1Cl. The maximum Gasteiger partial charge on any atom is 0.261 e. The minimum absolute atomic E-state index is 0.000643. The van der Waals surface area contributed by atoms with Crippen LogP contribution in [0.2, 0.25) is 5.02 Å². The van der Waals surface area contributed by atoms with E-state index in [0.717, 1.165) is 0 Å². The van der Waals surface area contributed by atoms with Crippen LogP contribution >= 0.6 is 11.6 Å². The van der Waals surface area contributed by atoms with E-state index >= 15 is 0 Å². The van der Waals surface area contributed by atoms with Gasteiger partial charge in [-0.25, -0.2) is 8.42 Å². The number of amides is 1. The molecule has 0 spiro atoms. The number of methoxy groups -OCH3 is 1. The van der Waals surface area contributed by atoms with Crippen LogP contribution in [0.5, 0.6) is 11.5 Å². The lowest BCUT2D eigenvalue weighted by Gasteiger charge is -2.29. The van der Waals surface area contributed by atoms with E-state index < -0.39 is 10.0 Å². The number of halogens is 1. The van der Waals surface area contributed by atoms with E-state index in [0.29, 0.717) is 36.0 Å². The predicted octanol–water partition coefficient (Wildman–Crippen LogP) is 2.89. The van der Waals surface area contributed by atoms with Crippen molar-refractivity contribution in [2.45, 2.75) is 11.8 Å². The number of anilines is 2. The summed E-state index contributed by atoms with van der Waals surface area (Å²) in [5.74, 6) is 0.770. The lowest BCUT2D eigenvalue weighted by atomic mass is 10.2. The van der Waals surface area contributed by atoms with Crippen LogP contribution in [-0.2, 0) is 14.8 Å². The van der Waals surface area contributed by atoms with E-state index in [4.69, 9.17) is 21.1 Å². The van der Waals surface area contributed by atoms with Gasteiger partial charge in [0.2, 0.25) is 5.91 Å². The second-order valence-electron chi connectivity index (χ2n) is 5.60. The first-order valence-electron chi connectivity index (χ1n) is 7.73. The zero-order chi connectivity index (χ0) is 18.9.